The molecule has 0 fully saturated rings. The van der Waals surface area contributed by atoms with Gasteiger partial charge in [-0.2, -0.15) is 0 Å². The summed E-state index contributed by atoms with van der Waals surface area (Å²) in [5.41, 5.74) is -2.74. The zero-order valence-corrected chi connectivity index (χ0v) is 8.88. The first-order valence-electron chi connectivity index (χ1n) is 3.17. The van der Waals surface area contributed by atoms with Crippen LogP contribution in [0.3, 0.4) is 0 Å². The molecule has 0 saturated heterocycles. The predicted octanol–water partition coefficient (Wildman–Crippen LogP) is -0.334. The minimum Gasteiger partial charge on any atom is -0.481 e. The second kappa shape index (κ2) is 16.0. The van der Waals surface area contributed by atoms with E-state index in [1.165, 1.54) is 0 Å². The number of aliphatic carboxylic acids is 3. The highest BCUT2D eigenvalue weighted by molar-refractivity contribution is 5.88. The van der Waals surface area contributed by atoms with Crippen molar-refractivity contribution in [2.24, 2.45) is 0 Å². The Kier molecular flexibility index (Phi) is 36.6. The van der Waals surface area contributed by atoms with Crippen molar-refractivity contribution in [3.8, 4) is 0 Å². The first kappa shape index (κ1) is 43.6. The van der Waals surface area contributed by atoms with E-state index < -0.39 is 36.4 Å². The summed E-state index contributed by atoms with van der Waals surface area (Å²) in [4.78, 5) is 30.5. The van der Waals surface area contributed by atoms with Gasteiger partial charge in [0.05, 0.1) is 12.8 Å². The minimum atomic E-state index is -2.74. The molecule has 7 nitrogen and oxygen atoms in total. The van der Waals surface area contributed by atoms with E-state index in [0.29, 0.717) is 0 Å². The van der Waals surface area contributed by atoms with Crippen LogP contribution in [0.1, 0.15) is 12.8 Å². The Balaban J connectivity index is -0.0000000480. The number of halogens is 6. The highest BCUT2D eigenvalue weighted by atomic mass is 19.0. The van der Waals surface area contributed by atoms with E-state index in [2.05, 4.69) is 0 Å². The molecule has 0 aromatic heterocycles. The number of aliphatic hydroxyl groups is 1. The lowest BCUT2D eigenvalue weighted by Crippen LogP contribution is -2.42. The average Bonchev–Trinajstić information content (AvgIpc) is 1.82. The van der Waals surface area contributed by atoms with Crippen LogP contribution in [0, 0.1) is 0 Å². The molecule has 0 rings (SSSR count). The maximum Gasteiger partial charge on any atom is 0.336 e. The Hall–Kier alpha value is -2.05. The van der Waals surface area contributed by atoms with Gasteiger partial charge < -0.3 is 20.4 Å². The van der Waals surface area contributed by atoms with Gasteiger partial charge in [-0.25, -0.2) is 4.79 Å². The fourth-order valence-electron chi connectivity index (χ4n) is 0.714. The summed E-state index contributed by atoms with van der Waals surface area (Å²) in [6, 6.07) is 0. The number of rotatable bonds is 5. The molecule has 0 unspecified atom stereocenters. The lowest BCUT2D eigenvalue weighted by atomic mass is 9.96. The van der Waals surface area contributed by atoms with Gasteiger partial charge in [-0.3, -0.25) is 37.8 Å². The molecule has 0 aliphatic rings. The van der Waals surface area contributed by atoms with Gasteiger partial charge in [0.25, 0.3) is 0 Å². The van der Waals surface area contributed by atoms with E-state index in [-0.39, 0.29) is 28.2 Å². The topological polar surface area (TPSA) is 132 Å². The van der Waals surface area contributed by atoms with Crippen LogP contribution >= 0.6 is 0 Å². The van der Waals surface area contributed by atoms with Crippen molar-refractivity contribution in [3.63, 3.8) is 0 Å². The van der Waals surface area contributed by atoms with Gasteiger partial charge >= 0.3 is 17.9 Å². The van der Waals surface area contributed by atoms with Crippen molar-refractivity contribution in [1.82, 2.24) is 0 Å². The maximum absolute atomic E-state index is 10.3. The van der Waals surface area contributed by atoms with Crippen LogP contribution in [0.15, 0.2) is 0 Å². The van der Waals surface area contributed by atoms with E-state index in [1.807, 2.05) is 0 Å². The third kappa shape index (κ3) is 15.9. The summed E-state index contributed by atoms with van der Waals surface area (Å²) >= 11 is 0. The van der Waals surface area contributed by atoms with Crippen molar-refractivity contribution < 1.29 is 63.0 Å². The molecule has 13 heteroatoms. The van der Waals surface area contributed by atoms with E-state index in [4.69, 9.17) is 20.4 Å². The second-order valence-corrected chi connectivity index (χ2v) is 2.48. The fourth-order valence-corrected chi connectivity index (χ4v) is 0.714. The Morgan fingerprint density at radius 1 is 0.684 bits per heavy atom. The van der Waals surface area contributed by atoms with E-state index in [0.717, 1.165) is 0 Å². The molecule has 0 radical (unpaired) electrons. The Labute approximate surface area is 101 Å². The average molecular weight is 312 g/mol. The zero-order valence-electron chi connectivity index (χ0n) is 8.88. The predicted molar refractivity (Wildman–Crippen MR) is 52.1 cm³/mol. The van der Waals surface area contributed by atoms with Crippen molar-refractivity contribution >= 4 is 17.9 Å². The van der Waals surface area contributed by atoms with Crippen molar-refractivity contribution in [3.05, 3.63) is 0 Å². The smallest absolute Gasteiger partial charge is 0.336 e. The second-order valence-electron chi connectivity index (χ2n) is 2.48. The molecule has 0 aromatic rings. The van der Waals surface area contributed by atoms with E-state index in [9.17, 15) is 14.4 Å². The number of carboxylic acids is 3. The van der Waals surface area contributed by atoms with Crippen LogP contribution < -0.4 is 0 Å². The van der Waals surface area contributed by atoms with Crippen LogP contribution in [0.4, 0.5) is 28.2 Å². The van der Waals surface area contributed by atoms with Gasteiger partial charge in [0.15, 0.2) is 5.60 Å². The lowest BCUT2D eigenvalue weighted by Gasteiger charge is -2.18. The highest BCUT2D eigenvalue weighted by Crippen LogP contribution is 2.15. The summed E-state index contributed by atoms with van der Waals surface area (Å²) < 4.78 is 0. The summed E-state index contributed by atoms with van der Waals surface area (Å²) in [6.07, 6.45) is -2.29. The molecular weight excluding hydrogens is 298 g/mol. The molecule has 4 N–H and O–H groups in total. The molecule has 0 aromatic carbocycles. The summed E-state index contributed by atoms with van der Waals surface area (Å²) in [5.74, 6) is -5.02. The van der Waals surface area contributed by atoms with Crippen LogP contribution in [0.5, 0.6) is 0 Å². The lowest BCUT2D eigenvalue weighted by molar-refractivity contribution is -0.170. The van der Waals surface area contributed by atoms with Gasteiger partial charge in [-0.1, -0.05) is 0 Å². The molecule has 0 heterocycles. The molecular formula is C6H14F6O7. The van der Waals surface area contributed by atoms with Gasteiger partial charge in [0.1, 0.15) is 0 Å². The Morgan fingerprint density at radius 2 is 0.895 bits per heavy atom. The van der Waals surface area contributed by atoms with Gasteiger partial charge in [0, 0.05) is 0 Å². The molecule has 0 saturated carbocycles. The SMILES string of the molecule is F.F.F.F.F.F.O=C(O)CC(O)(CC(=O)O)C(=O)O. The van der Waals surface area contributed by atoms with Crippen molar-refractivity contribution in [2.75, 3.05) is 0 Å². The monoisotopic (exact) mass is 312 g/mol. The molecule has 0 bridgehead atoms. The number of hydrogen-bond donors (Lipinski definition) is 4. The van der Waals surface area contributed by atoms with E-state index >= 15 is 0 Å². The molecule has 0 atom stereocenters. The van der Waals surface area contributed by atoms with E-state index in [1.54, 1.807) is 0 Å². The molecule has 0 spiro atoms. The first-order chi connectivity index (χ1) is 5.78. The maximum atomic E-state index is 10.3. The van der Waals surface area contributed by atoms with Gasteiger partial charge in [-0.05, 0) is 0 Å². The molecule has 0 aliphatic heterocycles. The summed E-state index contributed by atoms with van der Waals surface area (Å²) in [7, 11) is 0. The fraction of sp³-hybridized carbons (Fsp3) is 0.500. The number of carbonyl (C=O) groups is 3. The molecule has 122 valence electrons. The number of carboxylic acid groups (broad SMARTS) is 3. The summed E-state index contributed by atoms with van der Waals surface area (Å²) in [5, 5.41) is 33.8. The molecule has 0 aliphatic carbocycles. The minimum absolute atomic E-state index is 0. The normalized spacial score (nSPS) is 7.42. The zero-order chi connectivity index (χ0) is 10.6. The van der Waals surface area contributed by atoms with Crippen LogP contribution in [-0.4, -0.2) is 43.9 Å². The van der Waals surface area contributed by atoms with Crippen LogP contribution in [0.25, 0.3) is 0 Å². The Bertz CT molecular complexity index is 244. The van der Waals surface area contributed by atoms with Gasteiger partial charge in [0.2, 0.25) is 0 Å². The number of hydrogen-bond acceptors (Lipinski definition) is 4. The third-order valence-corrected chi connectivity index (χ3v) is 1.29. The van der Waals surface area contributed by atoms with Crippen molar-refractivity contribution in [1.29, 1.82) is 0 Å². The standard InChI is InChI=1S/C6H8O7.6FH/c7-3(8)1-6(13,5(11)12)2-4(9)10;;;;;;/h13H,1-2H2,(H,7,8)(H,9,10)(H,11,12);6*1H. The quantitative estimate of drug-likeness (QED) is 0.511. The Morgan fingerprint density at radius 3 is 1.00 bits per heavy atom. The molecule has 0 amide bonds. The van der Waals surface area contributed by atoms with Gasteiger partial charge in [-0.15, -0.1) is 0 Å². The molecule has 19 heavy (non-hydrogen) atoms. The highest BCUT2D eigenvalue weighted by Gasteiger charge is 2.40. The first-order valence-corrected chi connectivity index (χ1v) is 3.17. The largest absolute Gasteiger partial charge is 0.481 e. The van der Waals surface area contributed by atoms with Crippen LogP contribution in [-0.2, 0) is 14.4 Å². The van der Waals surface area contributed by atoms with Crippen molar-refractivity contribution in [2.45, 2.75) is 18.4 Å². The summed E-state index contributed by atoms with van der Waals surface area (Å²) in [6.45, 7) is 0. The third-order valence-electron chi connectivity index (χ3n) is 1.29. The van der Waals surface area contributed by atoms with Crippen LogP contribution in [0.2, 0.25) is 0 Å².